The van der Waals surface area contributed by atoms with Gasteiger partial charge < -0.3 is 40.3 Å². The molecule has 0 saturated carbocycles. The van der Waals surface area contributed by atoms with Crippen LogP contribution in [0.1, 0.15) is 309 Å². The van der Waals surface area contributed by atoms with Crippen LogP contribution in [0.15, 0.2) is 12.2 Å². The molecule has 9 nitrogen and oxygen atoms in total. The zero-order chi connectivity index (χ0) is 50.1. The van der Waals surface area contributed by atoms with E-state index in [-0.39, 0.29) is 12.5 Å². The lowest BCUT2D eigenvalue weighted by Gasteiger charge is -2.40. The SMILES string of the molecule is CCCCCCCCCCCCCCC/C=C/C(O)C(COC1OC(CO)C(O)C(O)C1O)NC(=O)CCCCCCCCCCCCCCCCCCCCCCCCCCCCCCCCC. The van der Waals surface area contributed by atoms with Crippen molar-refractivity contribution >= 4 is 5.91 Å². The molecule has 69 heavy (non-hydrogen) atoms. The van der Waals surface area contributed by atoms with E-state index in [1.54, 1.807) is 6.08 Å². The van der Waals surface area contributed by atoms with Crippen molar-refractivity contribution < 1.29 is 39.8 Å². The van der Waals surface area contributed by atoms with Gasteiger partial charge in [0.15, 0.2) is 6.29 Å². The average molecular weight is 981 g/mol. The molecule has 0 aromatic carbocycles. The summed E-state index contributed by atoms with van der Waals surface area (Å²) in [6, 6.07) is -0.800. The van der Waals surface area contributed by atoms with Crippen molar-refractivity contribution in [3.05, 3.63) is 12.2 Å². The normalized spacial score (nSPS) is 19.4. The van der Waals surface area contributed by atoms with Gasteiger partial charge in [0.2, 0.25) is 5.91 Å². The first-order valence-electron chi connectivity index (χ1n) is 30.4. The first-order valence-corrected chi connectivity index (χ1v) is 30.4. The van der Waals surface area contributed by atoms with Crippen LogP contribution in [0.3, 0.4) is 0 Å². The molecule has 7 unspecified atom stereocenters. The molecule has 6 N–H and O–H groups in total. The highest BCUT2D eigenvalue weighted by molar-refractivity contribution is 5.76. The second-order valence-electron chi connectivity index (χ2n) is 21.5. The minimum Gasteiger partial charge on any atom is -0.394 e. The molecule has 1 heterocycles. The fraction of sp³-hybridized carbons (Fsp3) is 0.950. The van der Waals surface area contributed by atoms with Crippen LogP contribution in [0.4, 0.5) is 0 Å². The zero-order valence-corrected chi connectivity index (χ0v) is 45.6. The van der Waals surface area contributed by atoms with Crippen molar-refractivity contribution in [2.24, 2.45) is 0 Å². The molecule has 1 aliphatic heterocycles. The molecule has 0 aliphatic carbocycles. The standard InChI is InChI=1S/C60H117NO8/c1-3-5-7-9-11-13-15-17-19-20-21-22-23-24-25-26-27-28-29-30-31-32-33-34-36-38-40-42-44-46-48-50-56(64)61-53(52-68-60-59(67)58(66)57(65)55(51-62)69-60)54(63)49-47-45-43-41-39-37-35-18-16-14-12-10-8-6-4-2/h47,49,53-55,57-60,62-63,65-67H,3-46,48,50-52H2,1-2H3,(H,61,64)/b49-47+. The molecular formula is C60H117NO8. The van der Waals surface area contributed by atoms with Gasteiger partial charge in [-0.25, -0.2) is 0 Å². The molecule has 7 atom stereocenters. The summed E-state index contributed by atoms with van der Waals surface area (Å²) >= 11 is 0. The Morgan fingerprint density at radius 3 is 1.13 bits per heavy atom. The van der Waals surface area contributed by atoms with E-state index in [1.165, 1.54) is 250 Å². The molecule has 0 aromatic rings. The smallest absolute Gasteiger partial charge is 0.220 e. The third-order valence-corrected chi connectivity index (χ3v) is 14.9. The van der Waals surface area contributed by atoms with Crippen LogP contribution in [0.25, 0.3) is 0 Å². The summed E-state index contributed by atoms with van der Waals surface area (Å²) in [7, 11) is 0. The zero-order valence-electron chi connectivity index (χ0n) is 45.6. The van der Waals surface area contributed by atoms with Gasteiger partial charge in [-0.05, 0) is 19.3 Å². The Morgan fingerprint density at radius 1 is 0.478 bits per heavy atom. The molecule has 410 valence electrons. The van der Waals surface area contributed by atoms with Crippen LogP contribution in [0.5, 0.6) is 0 Å². The van der Waals surface area contributed by atoms with Crippen LogP contribution >= 0.6 is 0 Å². The second-order valence-corrected chi connectivity index (χ2v) is 21.5. The summed E-state index contributed by atoms with van der Waals surface area (Å²) in [6.07, 6.45) is 55.9. The number of aliphatic hydroxyl groups excluding tert-OH is 5. The molecule has 9 heteroatoms. The van der Waals surface area contributed by atoms with E-state index in [4.69, 9.17) is 9.47 Å². The van der Waals surface area contributed by atoms with E-state index in [0.29, 0.717) is 6.42 Å². The molecule has 1 saturated heterocycles. The third-order valence-electron chi connectivity index (χ3n) is 14.9. The maximum atomic E-state index is 13.1. The molecule has 0 spiro atoms. The molecule has 1 rings (SSSR count). The van der Waals surface area contributed by atoms with E-state index >= 15 is 0 Å². The van der Waals surface area contributed by atoms with Crippen molar-refractivity contribution in [3.63, 3.8) is 0 Å². The predicted octanol–water partition coefficient (Wildman–Crippen LogP) is 15.2. The number of aliphatic hydroxyl groups is 5. The molecule has 1 fully saturated rings. The largest absolute Gasteiger partial charge is 0.394 e. The highest BCUT2D eigenvalue weighted by atomic mass is 16.7. The van der Waals surface area contributed by atoms with E-state index in [9.17, 15) is 30.3 Å². The van der Waals surface area contributed by atoms with Gasteiger partial charge >= 0.3 is 0 Å². The number of hydrogen-bond donors (Lipinski definition) is 6. The van der Waals surface area contributed by atoms with Crippen LogP contribution in [0.2, 0.25) is 0 Å². The molecule has 1 amide bonds. The highest BCUT2D eigenvalue weighted by Gasteiger charge is 2.44. The highest BCUT2D eigenvalue weighted by Crippen LogP contribution is 2.23. The quantitative estimate of drug-likeness (QED) is 0.0261. The van der Waals surface area contributed by atoms with E-state index in [2.05, 4.69) is 19.2 Å². The van der Waals surface area contributed by atoms with E-state index in [1.807, 2.05) is 6.08 Å². The minimum absolute atomic E-state index is 0.170. The lowest BCUT2D eigenvalue weighted by atomic mass is 9.99. The number of unbranched alkanes of at least 4 members (excludes halogenated alkanes) is 43. The number of ether oxygens (including phenoxy) is 2. The fourth-order valence-corrected chi connectivity index (χ4v) is 10.0. The Labute approximate surface area is 426 Å². The summed E-state index contributed by atoms with van der Waals surface area (Å²) in [5, 5.41) is 54.5. The Bertz CT molecular complexity index is 1090. The van der Waals surface area contributed by atoms with Crippen LogP contribution in [0, 0.1) is 0 Å². The lowest BCUT2D eigenvalue weighted by molar-refractivity contribution is -0.302. The summed E-state index contributed by atoms with van der Waals surface area (Å²) in [6.45, 7) is 3.82. The van der Waals surface area contributed by atoms with Crippen molar-refractivity contribution in [2.45, 2.75) is 352 Å². The third kappa shape index (κ3) is 40.1. The van der Waals surface area contributed by atoms with Crippen molar-refractivity contribution in [1.29, 1.82) is 0 Å². The van der Waals surface area contributed by atoms with Gasteiger partial charge in [-0.2, -0.15) is 0 Å². The maximum absolute atomic E-state index is 13.1. The van der Waals surface area contributed by atoms with Gasteiger partial charge in [-0.3, -0.25) is 4.79 Å². The number of carbonyl (C=O) groups is 1. The van der Waals surface area contributed by atoms with Gasteiger partial charge in [0, 0.05) is 6.42 Å². The monoisotopic (exact) mass is 980 g/mol. The van der Waals surface area contributed by atoms with Gasteiger partial charge in [0.1, 0.15) is 24.4 Å². The summed E-state index contributed by atoms with van der Waals surface area (Å²) in [5.74, 6) is -0.170. The minimum atomic E-state index is -1.56. The van der Waals surface area contributed by atoms with Crippen molar-refractivity contribution in [2.75, 3.05) is 13.2 Å². The summed E-state index contributed by atoms with van der Waals surface area (Å²) in [5.41, 5.74) is 0. The number of allylic oxidation sites excluding steroid dienone is 1. The van der Waals surface area contributed by atoms with Crippen LogP contribution in [-0.4, -0.2) is 87.5 Å². The summed E-state index contributed by atoms with van der Waals surface area (Å²) in [4.78, 5) is 13.1. The van der Waals surface area contributed by atoms with Gasteiger partial charge in [0.25, 0.3) is 0 Å². The number of carbonyl (C=O) groups excluding carboxylic acids is 1. The van der Waals surface area contributed by atoms with Crippen LogP contribution < -0.4 is 5.32 Å². The van der Waals surface area contributed by atoms with Crippen molar-refractivity contribution in [3.8, 4) is 0 Å². The van der Waals surface area contributed by atoms with Gasteiger partial charge in [0.05, 0.1) is 25.4 Å². The topological polar surface area (TPSA) is 149 Å². The lowest BCUT2D eigenvalue weighted by Crippen LogP contribution is -2.60. The van der Waals surface area contributed by atoms with E-state index in [0.717, 1.165) is 38.5 Å². The molecule has 0 aromatic heterocycles. The summed E-state index contributed by atoms with van der Waals surface area (Å²) < 4.78 is 11.3. The molecule has 0 bridgehead atoms. The Balaban J connectivity index is 2.11. The Kier molecular flexibility index (Phi) is 48.2. The number of amides is 1. The van der Waals surface area contributed by atoms with Crippen molar-refractivity contribution in [1.82, 2.24) is 5.32 Å². The van der Waals surface area contributed by atoms with E-state index < -0.39 is 49.5 Å². The fourth-order valence-electron chi connectivity index (χ4n) is 10.0. The number of rotatable bonds is 53. The Hall–Kier alpha value is -1.07. The second kappa shape index (κ2) is 50.5. The molecule has 1 aliphatic rings. The first kappa shape index (κ1) is 65.9. The van der Waals surface area contributed by atoms with Crippen LogP contribution in [-0.2, 0) is 14.3 Å². The Morgan fingerprint density at radius 2 is 0.797 bits per heavy atom. The predicted molar refractivity (Wildman–Crippen MR) is 291 cm³/mol. The molecular weight excluding hydrogens is 863 g/mol. The number of hydrogen-bond acceptors (Lipinski definition) is 8. The maximum Gasteiger partial charge on any atom is 0.220 e. The van der Waals surface area contributed by atoms with Gasteiger partial charge in [-0.1, -0.05) is 296 Å². The molecule has 0 radical (unpaired) electrons. The van der Waals surface area contributed by atoms with Gasteiger partial charge in [-0.15, -0.1) is 0 Å². The number of nitrogens with one attached hydrogen (secondary N) is 1. The first-order chi connectivity index (χ1) is 33.8. The average Bonchev–Trinajstić information content (AvgIpc) is 3.35.